The average Bonchev–Trinajstić information content (AvgIpc) is 2.31. The molecule has 1 aromatic rings. The van der Waals surface area contributed by atoms with Gasteiger partial charge in [0.15, 0.2) is 0 Å². The minimum Gasteiger partial charge on any atom is -0.383 e. The summed E-state index contributed by atoms with van der Waals surface area (Å²) in [6, 6.07) is 6.63. The number of nitrogens with zero attached hydrogens (tertiary/aromatic N) is 1. The molecule has 0 radical (unpaired) electrons. The Morgan fingerprint density at radius 1 is 1.18 bits per heavy atom. The average molecular weight is 236 g/mol. The first-order valence-electron chi connectivity index (χ1n) is 6.15. The van der Waals surface area contributed by atoms with Crippen LogP contribution in [-0.4, -0.2) is 38.3 Å². The summed E-state index contributed by atoms with van der Waals surface area (Å²) in [6.45, 7) is 8.53. The van der Waals surface area contributed by atoms with Gasteiger partial charge in [0.2, 0.25) is 0 Å². The van der Waals surface area contributed by atoms with E-state index in [4.69, 9.17) is 10.5 Å². The fourth-order valence-corrected chi connectivity index (χ4v) is 1.83. The molecular weight excluding hydrogens is 212 g/mol. The van der Waals surface area contributed by atoms with Crippen molar-refractivity contribution in [2.75, 3.05) is 33.4 Å². The van der Waals surface area contributed by atoms with Crippen molar-refractivity contribution >= 4 is 0 Å². The Morgan fingerprint density at radius 2 is 1.94 bits per heavy atom. The molecule has 0 heterocycles. The minimum absolute atomic E-state index is 0.689. The minimum atomic E-state index is 0.689. The van der Waals surface area contributed by atoms with Gasteiger partial charge in [0.1, 0.15) is 0 Å². The highest BCUT2D eigenvalue weighted by Crippen LogP contribution is 2.11. The van der Waals surface area contributed by atoms with Gasteiger partial charge in [0.05, 0.1) is 6.61 Å². The van der Waals surface area contributed by atoms with Crippen molar-refractivity contribution in [3.05, 3.63) is 34.9 Å². The van der Waals surface area contributed by atoms with Crippen LogP contribution < -0.4 is 5.73 Å². The fraction of sp³-hybridized carbons (Fsp3) is 0.571. The number of hydrogen-bond donors (Lipinski definition) is 1. The lowest BCUT2D eigenvalue weighted by molar-refractivity contribution is 0.146. The van der Waals surface area contributed by atoms with Crippen LogP contribution >= 0.6 is 0 Å². The third kappa shape index (κ3) is 4.86. The van der Waals surface area contributed by atoms with E-state index >= 15 is 0 Å². The Bertz CT molecular complexity index is 339. The molecule has 2 N–H and O–H groups in total. The van der Waals surface area contributed by atoms with Crippen molar-refractivity contribution in [1.82, 2.24) is 4.90 Å². The molecule has 0 unspecified atom stereocenters. The summed E-state index contributed by atoms with van der Waals surface area (Å²) < 4.78 is 5.12. The summed E-state index contributed by atoms with van der Waals surface area (Å²) in [6.07, 6.45) is 0. The maximum Gasteiger partial charge on any atom is 0.0589 e. The number of rotatable bonds is 7. The van der Waals surface area contributed by atoms with Crippen LogP contribution in [0.2, 0.25) is 0 Å². The van der Waals surface area contributed by atoms with Crippen molar-refractivity contribution in [3.63, 3.8) is 0 Å². The molecule has 0 aliphatic rings. The van der Waals surface area contributed by atoms with Gasteiger partial charge >= 0.3 is 0 Å². The van der Waals surface area contributed by atoms with E-state index in [1.54, 1.807) is 7.11 Å². The van der Waals surface area contributed by atoms with E-state index in [1.165, 1.54) is 16.7 Å². The first-order chi connectivity index (χ1) is 8.17. The van der Waals surface area contributed by atoms with Crippen LogP contribution in [0.3, 0.4) is 0 Å². The van der Waals surface area contributed by atoms with Crippen LogP contribution in [0.15, 0.2) is 18.2 Å². The normalized spacial score (nSPS) is 11.1. The quantitative estimate of drug-likeness (QED) is 0.783. The van der Waals surface area contributed by atoms with Gasteiger partial charge in [-0.2, -0.15) is 0 Å². The second-order valence-corrected chi connectivity index (χ2v) is 4.48. The molecule has 1 aromatic carbocycles. The summed E-state index contributed by atoms with van der Waals surface area (Å²) in [7, 11) is 1.73. The Hall–Kier alpha value is -0.900. The molecule has 0 fully saturated rings. The molecule has 3 nitrogen and oxygen atoms in total. The zero-order valence-electron chi connectivity index (χ0n) is 11.2. The second-order valence-electron chi connectivity index (χ2n) is 4.48. The fourth-order valence-electron chi connectivity index (χ4n) is 1.83. The molecule has 0 aliphatic heterocycles. The summed E-state index contributed by atoms with van der Waals surface area (Å²) >= 11 is 0. The molecule has 0 amide bonds. The molecule has 96 valence electrons. The molecule has 0 saturated heterocycles. The highest BCUT2D eigenvalue weighted by molar-refractivity contribution is 5.29. The van der Waals surface area contributed by atoms with Crippen LogP contribution in [0.4, 0.5) is 0 Å². The first kappa shape index (κ1) is 14.2. The Balaban J connectivity index is 2.61. The van der Waals surface area contributed by atoms with Crippen molar-refractivity contribution < 1.29 is 4.74 Å². The van der Waals surface area contributed by atoms with Crippen molar-refractivity contribution in [2.45, 2.75) is 20.4 Å². The zero-order valence-corrected chi connectivity index (χ0v) is 11.2. The van der Waals surface area contributed by atoms with Crippen LogP contribution in [0.1, 0.15) is 16.7 Å². The largest absolute Gasteiger partial charge is 0.383 e. The van der Waals surface area contributed by atoms with E-state index in [-0.39, 0.29) is 0 Å². The van der Waals surface area contributed by atoms with Gasteiger partial charge in [-0.25, -0.2) is 0 Å². The van der Waals surface area contributed by atoms with Crippen LogP contribution in [-0.2, 0) is 11.3 Å². The summed E-state index contributed by atoms with van der Waals surface area (Å²) in [5.41, 5.74) is 9.66. The number of ether oxygens (including phenoxy) is 1. The zero-order chi connectivity index (χ0) is 12.7. The van der Waals surface area contributed by atoms with E-state index in [2.05, 4.69) is 36.9 Å². The number of hydrogen-bond acceptors (Lipinski definition) is 3. The third-order valence-corrected chi connectivity index (χ3v) is 3.03. The summed E-state index contributed by atoms with van der Waals surface area (Å²) in [4.78, 5) is 2.33. The monoisotopic (exact) mass is 236 g/mol. The van der Waals surface area contributed by atoms with Gasteiger partial charge in [-0.05, 0) is 30.5 Å². The SMILES string of the molecule is COCCN(CCN)Cc1ccc(C)c(C)c1. The van der Waals surface area contributed by atoms with E-state index in [0.717, 1.165) is 26.2 Å². The summed E-state index contributed by atoms with van der Waals surface area (Å²) in [5, 5.41) is 0. The lowest BCUT2D eigenvalue weighted by atomic mass is 10.1. The van der Waals surface area contributed by atoms with Crippen molar-refractivity contribution in [3.8, 4) is 0 Å². The number of nitrogens with two attached hydrogens (primary N) is 1. The second kappa shape index (κ2) is 7.43. The third-order valence-electron chi connectivity index (χ3n) is 3.03. The van der Waals surface area contributed by atoms with Gasteiger partial charge in [-0.15, -0.1) is 0 Å². The van der Waals surface area contributed by atoms with Crippen LogP contribution in [0, 0.1) is 13.8 Å². The highest BCUT2D eigenvalue weighted by Gasteiger charge is 2.05. The predicted octanol–water partition coefficient (Wildman–Crippen LogP) is 1.71. The van der Waals surface area contributed by atoms with Crippen molar-refractivity contribution in [2.24, 2.45) is 5.73 Å². The number of methoxy groups -OCH3 is 1. The maximum absolute atomic E-state index is 5.63. The Kier molecular flexibility index (Phi) is 6.19. The van der Waals surface area contributed by atoms with Gasteiger partial charge < -0.3 is 10.5 Å². The maximum atomic E-state index is 5.63. The topological polar surface area (TPSA) is 38.5 Å². The number of benzene rings is 1. The van der Waals surface area contributed by atoms with E-state index in [0.29, 0.717) is 6.54 Å². The van der Waals surface area contributed by atoms with Gasteiger partial charge in [-0.1, -0.05) is 18.2 Å². The van der Waals surface area contributed by atoms with E-state index in [1.807, 2.05) is 0 Å². The van der Waals surface area contributed by atoms with Crippen LogP contribution in [0.25, 0.3) is 0 Å². The lowest BCUT2D eigenvalue weighted by Crippen LogP contribution is -2.32. The highest BCUT2D eigenvalue weighted by atomic mass is 16.5. The van der Waals surface area contributed by atoms with E-state index < -0.39 is 0 Å². The molecule has 0 atom stereocenters. The molecule has 0 aromatic heterocycles. The molecule has 17 heavy (non-hydrogen) atoms. The molecule has 0 bridgehead atoms. The van der Waals surface area contributed by atoms with Gasteiger partial charge in [0.25, 0.3) is 0 Å². The van der Waals surface area contributed by atoms with Crippen LogP contribution in [0.5, 0.6) is 0 Å². The Morgan fingerprint density at radius 3 is 2.53 bits per heavy atom. The van der Waals surface area contributed by atoms with Crippen molar-refractivity contribution in [1.29, 1.82) is 0 Å². The number of aryl methyl sites for hydroxylation is 2. The molecule has 0 spiro atoms. The predicted molar refractivity (Wildman–Crippen MR) is 72.1 cm³/mol. The van der Waals surface area contributed by atoms with Gasteiger partial charge in [-0.3, -0.25) is 4.90 Å². The molecule has 0 aliphatic carbocycles. The molecule has 1 rings (SSSR count). The smallest absolute Gasteiger partial charge is 0.0589 e. The van der Waals surface area contributed by atoms with Gasteiger partial charge in [0, 0.05) is 33.3 Å². The molecule has 3 heteroatoms. The standard InChI is InChI=1S/C14H24N2O/c1-12-4-5-14(10-13(12)2)11-16(7-6-15)8-9-17-3/h4-5,10H,6-9,11,15H2,1-3H3. The summed E-state index contributed by atoms with van der Waals surface area (Å²) in [5.74, 6) is 0. The molecular formula is C14H24N2O. The first-order valence-corrected chi connectivity index (χ1v) is 6.15. The lowest BCUT2D eigenvalue weighted by Gasteiger charge is -2.21. The van der Waals surface area contributed by atoms with E-state index in [9.17, 15) is 0 Å². The molecule has 0 saturated carbocycles. The Labute approximate surface area is 105 Å².